The lowest BCUT2D eigenvalue weighted by atomic mass is 10.0. The van der Waals surface area contributed by atoms with Crippen molar-refractivity contribution in [1.29, 1.82) is 0 Å². The van der Waals surface area contributed by atoms with Crippen LogP contribution in [0.25, 0.3) is 33.2 Å². The van der Waals surface area contributed by atoms with Crippen LogP contribution < -0.4 is 0 Å². The Bertz CT molecular complexity index is 1030. The summed E-state index contributed by atoms with van der Waals surface area (Å²) in [5.41, 5.74) is 6.02. The van der Waals surface area contributed by atoms with Gasteiger partial charge in [-0.3, -0.25) is 9.97 Å². The molecule has 4 aromatic rings. The number of benzene rings is 1. The molecule has 0 fully saturated rings. The molecule has 0 saturated carbocycles. The molecule has 3 heterocycles. The van der Waals surface area contributed by atoms with Crippen LogP contribution >= 0.6 is 0 Å². The summed E-state index contributed by atoms with van der Waals surface area (Å²) >= 11 is 0. The van der Waals surface area contributed by atoms with E-state index in [4.69, 9.17) is 4.42 Å². The predicted molar refractivity (Wildman–Crippen MR) is 98.0 cm³/mol. The summed E-state index contributed by atoms with van der Waals surface area (Å²) in [6.45, 7) is 6.44. The molecule has 0 aliphatic rings. The van der Waals surface area contributed by atoms with E-state index in [1.54, 1.807) is 0 Å². The molecule has 120 valence electrons. The highest BCUT2D eigenvalue weighted by Crippen LogP contribution is 2.35. The van der Waals surface area contributed by atoms with Gasteiger partial charge >= 0.3 is 0 Å². The summed E-state index contributed by atoms with van der Waals surface area (Å²) in [6.07, 6.45) is 4.83. The fraction of sp³-hybridized carbons (Fsp3) is 0.238. The first-order valence-corrected chi connectivity index (χ1v) is 8.35. The van der Waals surface area contributed by atoms with Crippen molar-refractivity contribution in [1.82, 2.24) is 9.97 Å². The molecule has 0 aliphatic carbocycles. The van der Waals surface area contributed by atoms with Gasteiger partial charge in [-0.05, 0) is 43.0 Å². The lowest BCUT2D eigenvalue weighted by molar-refractivity contribution is 0.647. The van der Waals surface area contributed by atoms with Crippen LogP contribution in [0.5, 0.6) is 0 Å². The average molecular weight is 316 g/mol. The molecule has 3 nitrogen and oxygen atoms in total. The van der Waals surface area contributed by atoms with E-state index in [1.807, 2.05) is 25.4 Å². The molecule has 0 atom stereocenters. The van der Waals surface area contributed by atoms with Crippen LogP contribution in [0.1, 0.15) is 25.1 Å². The van der Waals surface area contributed by atoms with E-state index >= 15 is 0 Å². The van der Waals surface area contributed by atoms with E-state index in [2.05, 4.69) is 54.1 Å². The summed E-state index contributed by atoms with van der Waals surface area (Å²) in [6, 6.07) is 12.5. The van der Waals surface area contributed by atoms with Crippen molar-refractivity contribution in [2.75, 3.05) is 0 Å². The van der Waals surface area contributed by atoms with Crippen LogP contribution in [0.3, 0.4) is 0 Å². The maximum Gasteiger partial charge on any atom is 0.144 e. The van der Waals surface area contributed by atoms with Crippen molar-refractivity contribution in [3.8, 4) is 11.3 Å². The van der Waals surface area contributed by atoms with Crippen molar-refractivity contribution in [2.24, 2.45) is 5.92 Å². The van der Waals surface area contributed by atoms with Crippen molar-refractivity contribution in [2.45, 2.75) is 27.2 Å². The molecule has 0 spiro atoms. The molecule has 0 radical (unpaired) electrons. The summed E-state index contributed by atoms with van der Waals surface area (Å²) in [5, 5.41) is 2.14. The van der Waals surface area contributed by atoms with Crippen LogP contribution in [0.15, 0.2) is 53.2 Å². The van der Waals surface area contributed by atoms with Gasteiger partial charge in [-0.2, -0.15) is 0 Å². The fourth-order valence-electron chi connectivity index (χ4n) is 3.21. The highest BCUT2D eigenvalue weighted by molar-refractivity contribution is 6.09. The van der Waals surface area contributed by atoms with Gasteiger partial charge in [-0.15, -0.1) is 0 Å². The largest absolute Gasteiger partial charge is 0.455 e. The molecule has 0 aliphatic heterocycles. The Morgan fingerprint density at radius 3 is 2.75 bits per heavy atom. The minimum atomic E-state index is 0.622. The number of para-hydroxylation sites is 1. The Morgan fingerprint density at radius 1 is 1.04 bits per heavy atom. The predicted octanol–water partition coefficient (Wildman–Crippen LogP) is 5.55. The molecule has 0 amide bonds. The molecule has 3 heteroatoms. The maximum atomic E-state index is 6.16. The van der Waals surface area contributed by atoms with Gasteiger partial charge in [-0.1, -0.05) is 26.0 Å². The minimum Gasteiger partial charge on any atom is -0.455 e. The summed E-state index contributed by atoms with van der Waals surface area (Å²) in [4.78, 5) is 8.98. The van der Waals surface area contributed by atoms with Crippen LogP contribution in [0, 0.1) is 12.8 Å². The van der Waals surface area contributed by atoms with Crippen LogP contribution in [0.4, 0.5) is 0 Å². The number of fused-ring (bicyclic) bond motifs is 3. The minimum absolute atomic E-state index is 0.622. The van der Waals surface area contributed by atoms with Gasteiger partial charge in [-0.25, -0.2) is 0 Å². The second-order valence-electron chi connectivity index (χ2n) is 6.75. The van der Waals surface area contributed by atoms with E-state index in [-0.39, 0.29) is 0 Å². The molecule has 0 bridgehead atoms. The first-order valence-electron chi connectivity index (χ1n) is 8.35. The number of hydrogen-bond acceptors (Lipinski definition) is 3. The van der Waals surface area contributed by atoms with Gasteiger partial charge in [0.05, 0.1) is 5.69 Å². The standard InChI is InChI=1S/C21H20N2O/c1-13(2)9-15-7-8-22-19(11-15)17-6-4-5-16-18-12-23-14(3)10-20(18)24-21(16)17/h4-8,10-13H,9H2,1-3H3. The van der Waals surface area contributed by atoms with Gasteiger partial charge in [0.15, 0.2) is 0 Å². The van der Waals surface area contributed by atoms with E-state index < -0.39 is 0 Å². The molecular weight excluding hydrogens is 296 g/mol. The Hall–Kier alpha value is -2.68. The van der Waals surface area contributed by atoms with E-state index in [1.165, 1.54) is 5.56 Å². The molecule has 0 unspecified atom stereocenters. The topological polar surface area (TPSA) is 38.9 Å². The third kappa shape index (κ3) is 2.56. The van der Waals surface area contributed by atoms with E-state index in [0.29, 0.717) is 5.92 Å². The Morgan fingerprint density at radius 2 is 1.92 bits per heavy atom. The summed E-state index contributed by atoms with van der Waals surface area (Å²) < 4.78 is 6.16. The van der Waals surface area contributed by atoms with Crippen molar-refractivity contribution in [3.63, 3.8) is 0 Å². The highest BCUT2D eigenvalue weighted by atomic mass is 16.3. The quantitative estimate of drug-likeness (QED) is 0.497. The zero-order valence-corrected chi connectivity index (χ0v) is 14.2. The lowest BCUT2D eigenvalue weighted by Crippen LogP contribution is -1.95. The van der Waals surface area contributed by atoms with Crippen molar-refractivity contribution in [3.05, 3.63) is 60.0 Å². The molecule has 0 N–H and O–H groups in total. The van der Waals surface area contributed by atoms with E-state index in [9.17, 15) is 0 Å². The smallest absolute Gasteiger partial charge is 0.144 e. The van der Waals surface area contributed by atoms with Gasteiger partial charge < -0.3 is 4.42 Å². The fourth-order valence-corrected chi connectivity index (χ4v) is 3.21. The third-order valence-electron chi connectivity index (χ3n) is 4.26. The second kappa shape index (κ2) is 5.75. The molecule has 4 rings (SSSR count). The first kappa shape index (κ1) is 14.9. The maximum absolute atomic E-state index is 6.16. The van der Waals surface area contributed by atoms with Crippen LogP contribution in [0.2, 0.25) is 0 Å². The van der Waals surface area contributed by atoms with Gasteiger partial charge in [0, 0.05) is 40.5 Å². The lowest BCUT2D eigenvalue weighted by Gasteiger charge is -2.07. The van der Waals surface area contributed by atoms with Crippen LogP contribution in [-0.2, 0) is 6.42 Å². The zero-order valence-electron chi connectivity index (χ0n) is 14.2. The number of aryl methyl sites for hydroxylation is 1. The number of rotatable bonds is 3. The number of hydrogen-bond donors (Lipinski definition) is 0. The zero-order chi connectivity index (χ0) is 16.7. The Kier molecular flexibility index (Phi) is 3.57. The van der Waals surface area contributed by atoms with Crippen LogP contribution in [-0.4, -0.2) is 9.97 Å². The van der Waals surface area contributed by atoms with Crippen molar-refractivity contribution >= 4 is 21.9 Å². The average Bonchev–Trinajstić information content (AvgIpc) is 2.91. The van der Waals surface area contributed by atoms with Gasteiger partial charge in [0.1, 0.15) is 11.2 Å². The summed E-state index contributed by atoms with van der Waals surface area (Å²) in [5.74, 6) is 0.622. The number of pyridine rings is 2. The normalized spacial score (nSPS) is 11.7. The molecule has 24 heavy (non-hydrogen) atoms. The molecule has 1 aromatic carbocycles. The Labute approximate surface area is 141 Å². The highest BCUT2D eigenvalue weighted by Gasteiger charge is 2.13. The summed E-state index contributed by atoms with van der Waals surface area (Å²) in [7, 11) is 0. The van der Waals surface area contributed by atoms with Crippen molar-refractivity contribution < 1.29 is 4.42 Å². The SMILES string of the molecule is Cc1cc2oc3c(-c4cc(CC(C)C)ccn4)cccc3c2cn1. The molecule has 3 aromatic heterocycles. The number of aromatic nitrogens is 2. The van der Waals surface area contributed by atoms with Gasteiger partial charge in [0.25, 0.3) is 0 Å². The molecule has 0 saturated heterocycles. The number of furan rings is 1. The van der Waals surface area contributed by atoms with Gasteiger partial charge in [0.2, 0.25) is 0 Å². The second-order valence-corrected chi connectivity index (χ2v) is 6.75. The number of nitrogens with zero attached hydrogens (tertiary/aromatic N) is 2. The molecular formula is C21H20N2O. The Balaban J connectivity index is 1.92. The first-order chi connectivity index (χ1) is 11.6. The monoisotopic (exact) mass is 316 g/mol. The third-order valence-corrected chi connectivity index (χ3v) is 4.26. The van der Waals surface area contributed by atoms with E-state index in [0.717, 1.165) is 45.3 Å².